The van der Waals surface area contributed by atoms with Gasteiger partial charge in [0, 0.05) is 17.9 Å². The molecule has 0 aliphatic carbocycles. The Balaban J connectivity index is 1.94. The van der Waals surface area contributed by atoms with Gasteiger partial charge in [0.15, 0.2) is 0 Å². The minimum absolute atomic E-state index is 0.257. The molecule has 0 aromatic heterocycles. The van der Waals surface area contributed by atoms with Gasteiger partial charge in [0.05, 0.1) is 0 Å². The average molecular weight is 283 g/mol. The van der Waals surface area contributed by atoms with E-state index in [2.05, 4.69) is 17.6 Å². The lowest BCUT2D eigenvalue weighted by Crippen LogP contribution is -2.19. The number of rotatable bonds is 5. The topological polar surface area (TPSA) is 67.2 Å². The summed E-state index contributed by atoms with van der Waals surface area (Å²) in [5.74, 6) is 0. The van der Waals surface area contributed by atoms with Crippen molar-refractivity contribution in [2.75, 3.05) is 10.6 Å². The lowest BCUT2D eigenvalue weighted by atomic mass is 10.1. The Labute approximate surface area is 125 Å². The van der Waals surface area contributed by atoms with Crippen LogP contribution < -0.4 is 16.4 Å². The SMILES string of the molecule is CCCc1ccc(NC(=O)Nc2cccc(CN)c2)cc1. The van der Waals surface area contributed by atoms with Crippen molar-refractivity contribution in [3.8, 4) is 0 Å². The van der Waals surface area contributed by atoms with Crippen LogP contribution in [0.2, 0.25) is 0 Å². The number of anilines is 2. The summed E-state index contributed by atoms with van der Waals surface area (Å²) in [4.78, 5) is 11.9. The Hall–Kier alpha value is -2.33. The molecule has 2 aromatic carbocycles. The van der Waals surface area contributed by atoms with Crippen molar-refractivity contribution < 1.29 is 4.79 Å². The van der Waals surface area contributed by atoms with Crippen molar-refractivity contribution in [2.24, 2.45) is 5.73 Å². The van der Waals surface area contributed by atoms with Crippen LogP contribution in [-0.4, -0.2) is 6.03 Å². The highest BCUT2D eigenvalue weighted by Crippen LogP contribution is 2.13. The number of aryl methyl sites for hydroxylation is 1. The summed E-state index contributed by atoms with van der Waals surface area (Å²) in [5.41, 5.74) is 9.36. The molecule has 4 nitrogen and oxygen atoms in total. The zero-order valence-corrected chi connectivity index (χ0v) is 12.2. The molecule has 0 aliphatic rings. The maximum absolute atomic E-state index is 11.9. The molecule has 2 aromatic rings. The molecule has 0 atom stereocenters. The largest absolute Gasteiger partial charge is 0.326 e. The van der Waals surface area contributed by atoms with Gasteiger partial charge in [-0.15, -0.1) is 0 Å². The number of benzene rings is 2. The highest BCUT2D eigenvalue weighted by Gasteiger charge is 2.03. The molecule has 4 heteroatoms. The first kappa shape index (κ1) is 15.1. The first-order valence-electron chi connectivity index (χ1n) is 7.17. The molecule has 110 valence electrons. The van der Waals surface area contributed by atoms with Crippen molar-refractivity contribution in [1.82, 2.24) is 0 Å². The summed E-state index contributed by atoms with van der Waals surface area (Å²) in [6.45, 7) is 2.60. The van der Waals surface area contributed by atoms with Crippen molar-refractivity contribution in [1.29, 1.82) is 0 Å². The third-order valence-corrected chi connectivity index (χ3v) is 3.17. The lowest BCUT2D eigenvalue weighted by Gasteiger charge is -2.09. The maximum atomic E-state index is 11.9. The van der Waals surface area contributed by atoms with Gasteiger partial charge in [0.1, 0.15) is 0 Å². The second-order valence-electron chi connectivity index (χ2n) is 4.93. The predicted molar refractivity (Wildman–Crippen MR) is 87.4 cm³/mol. The van der Waals surface area contributed by atoms with Gasteiger partial charge < -0.3 is 16.4 Å². The van der Waals surface area contributed by atoms with E-state index in [1.165, 1.54) is 5.56 Å². The molecule has 21 heavy (non-hydrogen) atoms. The molecule has 2 amide bonds. The highest BCUT2D eigenvalue weighted by atomic mass is 16.2. The van der Waals surface area contributed by atoms with E-state index < -0.39 is 0 Å². The van der Waals surface area contributed by atoms with Gasteiger partial charge in [0.2, 0.25) is 0 Å². The van der Waals surface area contributed by atoms with E-state index in [1.807, 2.05) is 48.5 Å². The van der Waals surface area contributed by atoms with Crippen LogP contribution in [0.15, 0.2) is 48.5 Å². The molecule has 0 saturated heterocycles. The van der Waals surface area contributed by atoms with Crippen LogP contribution in [0, 0.1) is 0 Å². The number of nitrogens with one attached hydrogen (secondary N) is 2. The van der Waals surface area contributed by atoms with E-state index in [1.54, 1.807) is 0 Å². The third-order valence-electron chi connectivity index (χ3n) is 3.17. The second-order valence-corrected chi connectivity index (χ2v) is 4.93. The van der Waals surface area contributed by atoms with E-state index in [0.29, 0.717) is 6.54 Å². The molecule has 2 rings (SSSR count). The van der Waals surface area contributed by atoms with Gasteiger partial charge in [-0.2, -0.15) is 0 Å². The summed E-state index contributed by atoms with van der Waals surface area (Å²) in [7, 11) is 0. The molecule has 0 spiro atoms. The molecule has 0 fully saturated rings. The molecular formula is C17H21N3O. The molecule has 0 radical (unpaired) electrons. The zero-order valence-electron chi connectivity index (χ0n) is 12.2. The number of amides is 2. The Morgan fingerprint density at radius 3 is 2.38 bits per heavy atom. The Morgan fingerprint density at radius 2 is 1.71 bits per heavy atom. The minimum Gasteiger partial charge on any atom is -0.326 e. The van der Waals surface area contributed by atoms with Crippen LogP contribution in [0.5, 0.6) is 0 Å². The van der Waals surface area contributed by atoms with E-state index in [0.717, 1.165) is 29.8 Å². The van der Waals surface area contributed by atoms with E-state index in [9.17, 15) is 4.79 Å². The molecule has 0 unspecified atom stereocenters. The molecule has 0 saturated carbocycles. The molecule has 0 heterocycles. The van der Waals surface area contributed by atoms with Gasteiger partial charge in [-0.1, -0.05) is 37.6 Å². The summed E-state index contributed by atoms with van der Waals surface area (Å²) in [6.07, 6.45) is 2.17. The number of nitrogens with two attached hydrogens (primary N) is 1. The Morgan fingerprint density at radius 1 is 1.00 bits per heavy atom. The number of hydrogen-bond acceptors (Lipinski definition) is 2. The molecular weight excluding hydrogens is 262 g/mol. The lowest BCUT2D eigenvalue weighted by molar-refractivity contribution is 0.262. The summed E-state index contributed by atoms with van der Waals surface area (Å²) >= 11 is 0. The van der Waals surface area contributed by atoms with Gasteiger partial charge in [-0.25, -0.2) is 4.79 Å². The fourth-order valence-corrected chi connectivity index (χ4v) is 2.11. The predicted octanol–water partition coefficient (Wildman–Crippen LogP) is 3.74. The van der Waals surface area contributed by atoms with Crippen LogP contribution in [-0.2, 0) is 13.0 Å². The van der Waals surface area contributed by atoms with E-state index >= 15 is 0 Å². The van der Waals surface area contributed by atoms with Crippen LogP contribution in [0.1, 0.15) is 24.5 Å². The van der Waals surface area contributed by atoms with E-state index in [-0.39, 0.29) is 6.03 Å². The summed E-state index contributed by atoms with van der Waals surface area (Å²) < 4.78 is 0. The number of urea groups is 1. The average Bonchev–Trinajstić information content (AvgIpc) is 2.49. The quantitative estimate of drug-likeness (QED) is 0.782. The third kappa shape index (κ3) is 4.61. The van der Waals surface area contributed by atoms with Crippen molar-refractivity contribution in [3.05, 3.63) is 59.7 Å². The van der Waals surface area contributed by atoms with Crippen LogP contribution in [0.3, 0.4) is 0 Å². The zero-order chi connectivity index (χ0) is 15.1. The number of carbonyl (C=O) groups is 1. The van der Waals surface area contributed by atoms with Gasteiger partial charge in [-0.05, 0) is 41.8 Å². The van der Waals surface area contributed by atoms with Crippen molar-refractivity contribution in [2.45, 2.75) is 26.3 Å². The van der Waals surface area contributed by atoms with Gasteiger partial charge in [-0.3, -0.25) is 0 Å². The molecule has 0 bridgehead atoms. The minimum atomic E-state index is -0.257. The van der Waals surface area contributed by atoms with Gasteiger partial charge in [0.25, 0.3) is 0 Å². The molecule has 4 N–H and O–H groups in total. The van der Waals surface area contributed by atoms with Crippen molar-refractivity contribution in [3.63, 3.8) is 0 Å². The summed E-state index contributed by atoms with van der Waals surface area (Å²) in [5, 5.41) is 5.62. The van der Waals surface area contributed by atoms with Crippen LogP contribution in [0.25, 0.3) is 0 Å². The standard InChI is InChI=1S/C17H21N3O/c1-2-4-13-7-9-15(10-8-13)19-17(21)20-16-6-3-5-14(11-16)12-18/h3,5-11H,2,4,12,18H2,1H3,(H2,19,20,21). The van der Waals surface area contributed by atoms with E-state index in [4.69, 9.17) is 5.73 Å². The van der Waals surface area contributed by atoms with Crippen LogP contribution >= 0.6 is 0 Å². The second kappa shape index (κ2) is 7.45. The van der Waals surface area contributed by atoms with Crippen molar-refractivity contribution >= 4 is 17.4 Å². The first-order valence-corrected chi connectivity index (χ1v) is 7.17. The normalized spacial score (nSPS) is 10.2. The smallest absolute Gasteiger partial charge is 0.323 e. The Kier molecular flexibility index (Phi) is 5.35. The monoisotopic (exact) mass is 283 g/mol. The first-order chi connectivity index (χ1) is 10.2. The molecule has 0 aliphatic heterocycles. The maximum Gasteiger partial charge on any atom is 0.323 e. The fraction of sp³-hybridized carbons (Fsp3) is 0.235. The fourth-order valence-electron chi connectivity index (χ4n) is 2.11. The Bertz CT molecular complexity index is 593. The number of carbonyl (C=O) groups excluding carboxylic acids is 1. The van der Waals surface area contributed by atoms with Crippen LogP contribution in [0.4, 0.5) is 16.2 Å². The highest BCUT2D eigenvalue weighted by molar-refractivity contribution is 5.99. The summed E-state index contributed by atoms with van der Waals surface area (Å²) in [6, 6.07) is 15.1. The number of hydrogen-bond donors (Lipinski definition) is 3. The van der Waals surface area contributed by atoms with Gasteiger partial charge >= 0.3 is 6.03 Å².